The lowest BCUT2D eigenvalue weighted by molar-refractivity contribution is -0.132. The highest BCUT2D eigenvalue weighted by Crippen LogP contribution is 2.14. The molecule has 2 aliphatic rings. The van der Waals surface area contributed by atoms with Crippen LogP contribution in [-0.4, -0.2) is 69.7 Å². The summed E-state index contributed by atoms with van der Waals surface area (Å²) in [6.07, 6.45) is 7.25. The molecular formula is C38H53N7O4. The lowest BCUT2D eigenvalue weighted by atomic mass is 10.0. The molecule has 3 atom stereocenters. The molecule has 0 saturated carbocycles. The van der Waals surface area contributed by atoms with Gasteiger partial charge < -0.3 is 26.3 Å². The normalized spacial score (nSPS) is 20.6. The van der Waals surface area contributed by atoms with E-state index in [-0.39, 0.29) is 24.2 Å². The van der Waals surface area contributed by atoms with E-state index in [4.69, 9.17) is 0 Å². The van der Waals surface area contributed by atoms with Gasteiger partial charge in [-0.2, -0.15) is 0 Å². The van der Waals surface area contributed by atoms with E-state index in [1.165, 1.54) is 0 Å². The van der Waals surface area contributed by atoms with Crippen LogP contribution in [0.2, 0.25) is 0 Å². The zero-order valence-corrected chi connectivity index (χ0v) is 29.4. The Kier molecular flexibility index (Phi) is 14.4. The molecule has 11 nitrogen and oxygen atoms in total. The fourth-order valence-electron chi connectivity index (χ4n) is 5.91. The molecule has 4 amide bonds. The minimum absolute atomic E-state index is 0.0891. The summed E-state index contributed by atoms with van der Waals surface area (Å²) in [5, 5.41) is 11.5. The Balaban J connectivity index is 1.57. The number of H-pyrrole nitrogens is 1. The summed E-state index contributed by atoms with van der Waals surface area (Å²) in [5.74, 6) is -0.483. The highest BCUT2D eigenvalue weighted by Gasteiger charge is 2.29. The van der Waals surface area contributed by atoms with Crippen molar-refractivity contribution in [1.29, 1.82) is 0 Å². The van der Waals surface area contributed by atoms with Crippen LogP contribution in [0.15, 0.2) is 60.8 Å². The number of carbonyl (C=O) groups excluding carboxylic acids is 4. The lowest BCUT2D eigenvalue weighted by Gasteiger charge is -2.25. The molecule has 2 aliphatic heterocycles. The minimum atomic E-state index is -0.931. The van der Waals surface area contributed by atoms with Crippen LogP contribution < -0.4 is 21.3 Å². The Morgan fingerprint density at radius 3 is 2.33 bits per heavy atom. The molecule has 11 heteroatoms. The Morgan fingerprint density at radius 1 is 0.878 bits per heavy atom. The number of imidazole rings is 1. The van der Waals surface area contributed by atoms with E-state index in [1.807, 2.05) is 62.5 Å². The molecule has 49 heavy (non-hydrogen) atoms. The third-order valence-electron chi connectivity index (χ3n) is 8.66. The first-order valence-corrected chi connectivity index (χ1v) is 17.7. The van der Waals surface area contributed by atoms with Gasteiger partial charge in [-0.3, -0.25) is 24.1 Å². The molecule has 0 radical (unpaired) electrons. The largest absolute Gasteiger partial charge is 0.354 e. The molecule has 5 rings (SSSR count). The molecule has 3 heterocycles. The zero-order chi connectivity index (χ0) is 35.2. The van der Waals surface area contributed by atoms with Gasteiger partial charge in [0.1, 0.15) is 23.9 Å². The van der Waals surface area contributed by atoms with Gasteiger partial charge in [-0.1, -0.05) is 69.7 Å². The van der Waals surface area contributed by atoms with Crippen LogP contribution in [0.25, 0.3) is 0 Å². The Morgan fingerprint density at radius 2 is 1.61 bits per heavy atom. The smallest absolute Gasteiger partial charge is 0.251 e. The van der Waals surface area contributed by atoms with Gasteiger partial charge in [0.25, 0.3) is 5.91 Å². The van der Waals surface area contributed by atoms with Crippen molar-refractivity contribution in [3.05, 3.63) is 89.0 Å². The molecule has 264 valence electrons. The van der Waals surface area contributed by atoms with Gasteiger partial charge >= 0.3 is 0 Å². The van der Waals surface area contributed by atoms with Gasteiger partial charge in [0, 0.05) is 49.9 Å². The predicted molar refractivity (Wildman–Crippen MR) is 190 cm³/mol. The van der Waals surface area contributed by atoms with Gasteiger partial charge in [-0.05, 0) is 68.3 Å². The molecule has 3 aromatic rings. The molecule has 5 N–H and O–H groups in total. The number of aromatic nitrogens is 2. The van der Waals surface area contributed by atoms with Gasteiger partial charge in [-0.25, -0.2) is 4.98 Å². The van der Waals surface area contributed by atoms with E-state index in [0.29, 0.717) is 31.6 Å². The first-order valence-electron chi connectivity index (χ1n) is 17.7. The quantitative estimate of drug-likeness (QED) is 0.217. The third kappa shape index (κ3) is 12.2. The third-order valence-corrected chi connectivity index (χ3v) is 8.66. The van der Waals surface area contributed by atoms with Crippen LogP contribution in [0, 0.1) is 5.92 Å². The number of unbranched alkanes of at least 4 members (excludes halogenated alkanes) is 1. The van der Waals surface area contributed by atoms with Gasteiger partial charge in [0.05, 0.1) is 0 Å². The zero-order valence-electron chi connectivity index (χ0n) is 29.4. The van der Waals surface area contributed by atoms with Crippen molar-refractivity contribution in [2.45, 2.75) is 104 Å². The van der Waals surface area contributed by atoms with Gasteiger partial charge in [0.2, 0.25) is 17.7 Å². The predicted octanol–water partition coefficient (Wildman–Crippen LogP) is 4.04. The van der Waals surface area contributed by atoms with Crippen molar-refractivity contribution >= 4 is 23.6 Å². The summed E-state index contributed by atoms with van der Waals surface area (Å²) in [6, 6.07) is 14.3. The molecule has 0 saturated heterocycles. The number of amides is 4. The number of hydrogen-bond donors (Lipinski definition) is 5. The number of fused-ring (bicyclic) bond motifs is 18. The summed E-state index contributed by atoms with van der Waals surface area (Å²) in [5.41, 5.74) is 3.41. The minimum Gasteiger partial charge on any atom is -0.354 e. The van der Waals surface area contributed by atoms with E-state index in [2.05, 4.69) is 43.1 Å². The van der Waals surface area contributed by atoms with Crippen molar-refractivity contribution in [3.8, 4) is 0 Å². The van der Waals surface area contributed by atoms with Crippen molar-refractivity contribution < 1.29 is 19.2 Å². The molecule has 0 fully saturated rings. The Labute approximate surface area is 290 Å². The molecule has 1 aromatic heterocycles. The first-order chi connectivity index (χ1) is 23.6. The molecule has 0 spiro atoms. The van der Waals surface area contributed by atoms with Gasteiger partial charge in [-0.15, -0.1) is 0 Å². The number of aromatic amines is 1. The van der Waals surface area contributed by atoms with Crippen molar-refractivity contribution in [1.82, 2.24) is 36.1 Å². The highest BCUT2D eigenvalue weighted by molar-refractivity contribution is 5.99. The van der Waals surface area contributed by atoms with Crippen LogP contribution >= 0.6 is 0 Å². The number of hydrogen-bond acceptors (Lipinski definition) is 6. The van der Waals surface area contributed by atoms with Crippen molar-refractivity contribution in [2.75, 3.05) is 13.1 Å². The maximum absolute atomic E-state index is 13.8. The van der Waals surface area contributed by atoms with E-state index in [0.717, 1.165) is 61.3 Å². The summed E-state index contributed by atoms with van der Waals surface area (Å²) in [4.78, 5) is 64.0. The number of aryl methyl sites for hydroxylation is 1. The van der Waals surface area contributed by atoms with Crippen LogP contribution in [-0.2, 0) is 40.3 Å². The fraction of sp³-hybridized carbons (Fsp3) is 0.500. The second-order valence-corrected chi connectivity index (χ2v) is 13.5. The van der Waals surface area contributed by atoms with E-state index in [1.54, 1.807) is 19.1 Å². The van der Waals surface area contributed by atoms with Crippen LogP contribution in [0.1, 0.15) is 92.8 Å². The number of nitrogens with zero attached hydrogens (tertiary/aromatic N) is 2. The number of nitrogens with one attached hydrogen (secondary N) is 5. The van der Waals surface area contributed by atoms with E-state index >= 15 is 0 Å². The van der Waals surface area contributed by atoms with Crippen LogP contribution in [0.4, 0.5) is 0 Å². The average molecular weight is 672 g/mol. The maximum Gasteiger partial charge on any atom is 0.251 e. The standard InChI is InChI=1S/C38H53N7O4/c1-5-6-14-34-40-23-31(42-34)25-45-20-11-10-19-39-35(46)27(4)41-37(48)32(21-26(2)3)44-38(49)33(22-28-12-8-7-9-13-28)43-36(47)30-17-15-29(24-45)16-18-30/h7-9,12-13,15-18,23,26-27,32-33H,5-6,10-11,14,19-22,24-25H2,1-4H3,(H,39,46)(H,40,42)(H,41,48)(H,43,47)(H,44,49)/t27-,32+,33-/m1/s1. The van der Waals surface area contributed by atoms with Crippen LogP contribution in [0.3, 0.4) is 0 Å². The topological polar surface area (TPSA) is 148 Å². The molecule has 0 unspecified atom stereocenters. The first kappa shape index (κ1) is 37.3. The number of rotatable bonds is 9. The summed E-state index contributed by atoms with van der Waals surface area (Å²) >= 11 is 0. The molecule has 2 bridgehead atoms. The summed E-state index contributed by atoms with van der Waals surface area (Å²) in [6.45, 7) is 10.3. The van der Waals surface area contributed by atoms with Crippen molar-refractivity contribution in [3.63, 3.8) is 0 Å². The van der Waals surface area contributed by atoms with E-state index in [9.17, 15) is 19.2 Å². The summed E-state index contributed by atoms with van der Waals surface area (Å²) in [7, 11) is 0. The number of benzene rings is 2. The Hall–Kier alpha value is -4.51. The highest BCUT2D eigenvalue weighted by atomic mass is 16.2. The molecular weight excluding hydrogens is 618 g/mol. The molecule has 2 aromatic carbocycles. The average Bonchev–Trinajstić information content (AvgIpc) is 3.53. The second kappa shape index (κ2) is 18.9. The monoisotopic (exact) mass is 671 g/mol. The van der Waals surface area contributed by atoms with E-state index < -0.39 is 29.9 Å². The Bertz CT molecular complexity index is 1510. The van der Waals surface area contributed by atoms with Crippen molar-refractivity contribution in [2.24, 2.45) is 5.92 Å². The fourth-order valence-corrected chi connectivity index (χ4v) is 5.91. The second-order valence-electron chi connectivity index (χ2n) is 13.5. The molecule has 0 aliphatic carbocycles. The van der Waals surface area contributed by atoms with Crippen LogP contribution in [0.5, 0.6) is 0 Å². The lowest BCUT2D eigenvalue weighted by Crippen LogP contribution is -2.57. The maximum atomic E-state index is 13.8. The number of carbonyl (C=O) groups is 4. The summed E-state index contributed by atoms with van der Waals surface area (Å²) < 4.78 is 0. The van der Waals surface area contributed by atoms with Gasteiger partial charge in [0.15, 0.2) is 0 Å². The SMILES string of the molecule is CCCCc1ncc(CN2CCCCNC(=O)[C@@H](C)NC(=O)[C@H](CC(C)C)NC(=O)[C@@H](Cc3ccccc3)NC(=O)c3ccc(cc3)C2)[nH]1.